The molecule has 21 heavy (non-hydrogen) atoms. The fourth-order valence-corrected chi connectivity index (χ4v) is 2.33. The average molecular weight is 306 g/mol. The van der Waals surface area contributed by atoms with Crippen molar-refractivity contribution in [2.45, 2.75) is 12.5 Å². The Morgan fingerprint density at radius 2 is 1.71 bits per heavy atom. The summed E-state index contributed by atoms with van der Waals surface area (Å²) < 4.78 is 10.8. The van der Waals surface area contributed by atoms with Crippen LogP contribution in [0.2, 0.25) is 5.02 Å². The van der Waals surface area contributed by atoms with Crippen LogP contribution in [0.4, 0.5) is 0 Å². The Hall–Kier alpha value is -1.55. The van der Waals surface area contributed by atoms with Crippen LogP contribution in [0.1, 0.15) is 18.1 Å². The third kappa shape index (κ3) is 3.76. The Labute approximate surface area is 130 Å². The molecule has 0 heterocycles. The molecule has 0 aliphatic rings. The molecule has 0 aliphatic heterocycles. The topological polar surface area (TPSA) is 44.5 Å². The van der Waals surface area contributed by atoms with Crippen LogP contribution in [0.25, 0.3) is 0 Å². The number of ether oxygens (including phenoxy) is 2. The molecular weight excluding hydrogens is 286 g/mol. The number of halogens is 1. The van der Waals surface area contributed by atoms with E-state index in [-0.39, 0.29) is 0 Å². The van der Waals surface area contributed by atoms with Gasteiger partial charge >= 0.3 is 0 Å². The highest BCUT2D eigenvalue weighted by Crippen LogP contribution is 2.33. The fourth-order valence-electron chi connectivity index (χ4n) is 2.21. The molecular formula is C17H20ClNO2. The molecule has 112 valence electrons. The molecule has 0 bridgehead atoms. The first kappa shape index (κ1) is 15.8. The minimum absolute atomic E-state index is 0.490. The zero-order valence-electron chi connectivity index (χ0n) is 12.3. The predicted octanol–water partition coefficient (Wildman–Crippen LogP) is 3.59. The molecule has 0 fully saturated rings. The predicted molar refractivity (Wildman–Crippen MR) is 85.9 cm³/mol. The van der Waals surface area contributed by atoms with E-state index in [1.54, 1.807) is 7.11 Å². The first-order valence-corrected chi connectivity index (χ1v) is 7.19. The van der Waals surface area contributed by atoms with Gasteiger partial charge in [-0.1, -0.05) is 41.9 Å². The maximum Gasteiger partial charge on any atom is 0.124 e. The zero-order valence-corrected chi connectivity index (χ0v) is 13.1. The van der Waals surface area contributed by atoms with Gasteiger partial charge in [0.1, 0.15) is 12.4 Å². The molecule has 3 nitrogen and oxygen atoms in total. The van der Waals surface area contributed by atoms with E-state index in [1.165, 1.54) is 0 Å². The Morgan fingerprint density at radius 3 is 2.38 bits per heavy atom. The Morgan fingerprint density at radius 1 is 1.05 bits per heavy atom. The molecule has 1 unspecified atom stereocenters. The van der Waals surface area contributed by atoms with Crippen molar-refractivity contribution < 1.29 is 9.47 Å². The van der Waals surface area contributed by atoms with Gasteiger partial charge < -0.3 is 15.2 Å². The standard InChI is InChI=1S/C17H20ClNO2/c1-17(19,13-7-9-14(18)10-8-13)15-5-3-4-6-16(15)21-12-11-20-2/h3-10H,11-12,19H2,1-2H3. The third-order valence-corrected chi connectivity index (χ3v) is 3.69. The summed E-state index contributed by atoms with van der Waals surface area (Å²) >= 11 is 5.94. The van der Waals surface area contributed by atoms with Crippen LogP contribution >= 0.6 is 11.6 Å². The van der Waals surface area contributed by atoms with Crippen molar-refractivity contribution in [3.63, 3.8) is 0 Å². The summed E-state index contributed by atoms with van der Waals surface area (Å²) in [5.74, 6) is 0.773. The molecule has 0 radical (unpaired) electrons. The Bertz CT molecular complexity index is 582. The van der Waals surface area contributed by atoms with E-state index in [0.29, 0.717) is 18.2 Å². The van der Waals surface area contributed by atoms with E-state index in [0.717, 1.165) is 16.9 Å². The number of nitrogens with two attached hydrogens (primary N) is 1. The third-order valence-electron chi connectivity index (χ3n) is 3.44. The van der Waals surface area contributed by atoms with Gasteiger partial charge in [0.2, 0.25) is 0 Å². The first-order valence-electron chi connectivity index (χ1n) is 6.82. The van der Waals surface area contributed by atoms with Gasteiger partial charge in [0.25, 0.3) is 0 Å². The first-order chi connectivity index (χ1) is 10.1. The van der Waals surface area contributed by atoms with Crippen LogP contribution in [0, 0.1) is 0 Å². The lowest BCUT2D eigenvalue weighted by Crippen LogP contribution is -2.34. The summed E-state index contributed by atoms with van der Waals surface area (Å²) in [7, 11) is 1.65. The number of methoxy groups -OCH3 is 1. The molecule has 2 aromatic rings. The molecule has 4 heteroatoms. The summed E-state index contributed by atoms with van der Waals surface area (Å²) in [6.45, 7) is 3.00. The second kappa shape index (κ2) is 6.94. The van der Waals surface area contributed by atoms with E-state index >= 15 is 0 Å². The van der Waals surface area contributed by atoms with Crippen LogP contribution in [-0.4, -0.2) is 20.3 Å². The van der Waals surface area contributed by atoms with Crippen molar-refractivity contribution in [2.24, 2.45) is 5.73 Å². The number of hydrogen-bond acceptors (Lipinski definition) is 3. The summed E-state index contributed by atoms with van der Waals surface area (Å²) in [4.78, 5) is 0. The van der Waals surface area contributed by atoms with Gasteiger partial charge in [0.15, 0.2) is 0 Å². The van der Waals surface area contributed by atoms with Gasteiger partial charge in [0, 0.05) is 17.7 Å². The van der Waals surface area contributed by atoms with Crippen molar-refractivity contribution in [3.05, 3.63) is 64.7 Å². The quantitative estimate of drug-likeness (QED) is 0.830. The summed E-state index contributed by atoms with van der Waals surface area (Å²) in [6, 6.07) is 15.4. The number of hydrogen-bond donors (Lipinski definition) is 1. The normalized spacial score (nSPS) is 13.7. The molecule has 0 saturated heterocycles. The monoisotopic (exact) mass is 305 g/mol. The van der Waals surface area contributed by atoms with Crippen LogP contribution in [0.5, 0.6) is 5.75 Å². The Balaban J connectivity index is 2.32. The van der Waals surface area contributed by atoms with Gasteiger partial charge in [-0.05, 0) is 30.7 Å². The van der Waals surface area contributed by atoms with Gasteiger partial charge in [0.05, 0.1) is 12.1 Å². The SMILES string of the molecule is COCCOc1ccccc1C(C)(N)c1ccc(Cl)cc1. The van der Waals surface area contributed by atoms with Crippen molar-refractivity contribution >= 4 is 11.6 Å². The second-order valence-electron chi connectivity index (χ2n) is 5.05. The van der Waals surface area contributed by atoms with E-state index in [9.17, 15) is 0 Å². The maximum atomic E-state index is 6.56. The van der Waals surface area contributed by atoms with Crippen molar-refractivity contribution in [1.29, 1.82) is 0 Å². The van der Waals surface area contributed by atoms with Gasteiger partial charge in [-0.25, -0.2) is 0 Å². The zero-order chi connectivity index (χ0) is 15.3. The number of rotatable bonds is 6. The van der Waals surface area contributed by atoms with Crippen LogP contribution in [0.15, 0.2) is 48.5 Å². The molecule has 0 amide bonds. The smallest absolute Gasteiger partial charge is 0.124 e. The molecule has 0 spiro atoms. The second-order valence-corrected chi connectivity index (χ2v) is 5.48. The van der Waals surface area contributed by atoms with E-state index in [4.69, 9.17) is 26.8 Å². The lowest BCUT2D eigenvalue weighted by molar-refractivity contribution is 0.145. The van der Waals surface area contributed by atoms with E-state index in [1.807, 2.05) is 55.5 Å². The lowest BCUT2D eigenvalue weighted by Gasteiger charge is -2.28. The maximum absolute atomic E-state index is 6.56. The van der Waals surface area contributed by atoms with Crippen LogP contribution in [0.3, 0.4) is 0 Å². The fraction of sp³-hybridized carbons (Fsp3) is 0.294. The highest BCUT2D eigenvalue weighted by Gasteiger charge is 2.27. The Kier molecular flexibility index (Phi) is 5.23. The number of benzene rings is 2. The molecule has 2 N–H and O–H groups in total. The largest absolute Gasteiger partial charge is 0.491 e. The minimum atomic E-state index is -0.658. The molecule has 2 rings (SSSR count). The highest BCUT2D eigenvalue weighted by atomic mass is 35.5. The minimum Gasteiger partial charge on any atom is -0.491 e. The highest BCUT2D eigenvalue weighted by molar-refractivity contribution is 6.30. The molecule has 1 atom stereocenters. The molecule has 0 aliphatic carbocycles. The van der Waals surface area contributed by atoms with Crippen LogP contribution < -0.4 is 10.5 Å². The van der Waals surface area contributed by atoms with Gasteiger partial charge in [-0.3, -0.25) is 0 Å². The molecule has 0 saturated carbocycles. The van der Waals surface area contributed by atoms with E-state index < -0.39 is 5.54 Å². The summed E-state index contributed by atoms with van der Waals surface area (Å²) in [6.07, 6.45) is 0. The lowest BCUT2D eigenvalue weighted by atomic mass is 9.85. The van der Waals surface area contributed by atoms with Crippen molar-refractivity contribution in [1.82, 2.24) is 0 Å². The van der Waals surface area contributed by atoms with Gasteiger partial charge in [-0.15, -0.1) is 0 Å². The van der Waals surface area contributed by atoms with Crippen molar-refractivity contribution in [3.8, 4) is 5.75 Å². The van der Waals surface area contributed by atoms with E-state index in [2.05, 4.69) is 0 Å². The average Bonchev–Trinajstić information content (AvgIpc) is 2.48. The number of para-hydroxylation sites is 1. The van der Waals surface area contributed by atoms with Gasteiger partial charge in [-0.2, -0.15) is 0 Å². The van der Waals surface area contributed by atoms with Crippen LogP contribution in [-0.2, 0) is 10.3 Å². The summed E-state index contributed by atoms with van der Waals surface area (Å²) in [5, 5.41) is 0.694. The molecule has 0 aromatic heterocycles. The summed E-state index contributed by atoms with van der Waals surface area (Å²) in [5.41, 5.74) is 7.82. The molecule has 2 aromatic carbocycles. The van der Waals surface area contributed by atoms with Crippen molar-refractivity contribution in [2.75, 3.05) is 20.3 Å².